The second kappa shape index (κ2) is 4.94. The molecule has 4 nitrogen and oxygen atoms in total. The summed E-state index contributed by atoms with van der Waals surface area (Å²) in [7, 11) is 1.98. The molecule has 0 saturated carbocycles. The van der Waals surface area contributed by atoms with E-state index in [0.717, 1.165) is 29.4 Å². The lowest BCUT2D eigenvalue weighted by molar-refractivity contribution is 0.0764. The van der Waals surface area contributed by atoms with Crippen molar-refractivity contribution in [1.29, 1.82) is 0 Å². The fraction of sp³-hybridized carbons (Fsp3) is 0.438. The number of benzene rings is 1. The van der Waals surface area contributed by atoms with Crippen LogP contribution in [0.2, 0.25) is 0 Å². The number of hydrogen-bond acceptors (Lipinski definition) is 2. The second-order valence-electron chi connectivity index (χ2n) is 5.71. The summed E-state index contributed by atoms with van der Waals surface area (Å²) in [4.78, 5) is 14.5. The Kier molecular flexibility index (Phi) is 3.26. The Morgan fingerprint density at radius 2 is 2.20 bits per heavy atom. The van der Waals surface area contributed by atoms with Crippen molar-refractivity contribution in [3.8, 4) is 0 Å². The van der Waals surface area contributed by atoms with Gasteiger partial charge in [-0.15, -0.1) is 0 Å². The summed E-state index contributed by atoms with van der Waals surface area (Å²) >= 11 is 0. The summed E-state index contributed by atoms with van der Waals surface area (Å²) in [5, 5.41) is 10.7. The van der Waals surface area contributed by atoms with E-state index in [9.17, 15) is 9.90 Å². The van der Waals surface area contributed by atoms with Crippen molar-refractivity contribution in [3.63, 3.8) is 0 Å². The summed E-state index contributed by atoms with van der Waals surface area (Å²) in [6, 6.07) is 7.83. The molecule has 4 heteroatoms. The summed E-state index contributed by atoms with van der Waals surface area (Å²) in [6.07, 6.45) is 2.51. The van der Waals surface area contributed by atoms with Crippen LogP contribution in [0.3, 0.4) is 0 Å². The zero-order valence-electron chi connectivity index (χ0n) is 11.9. The van der Waals surface area contributed by atoms with Crippen LogP contribution in [0.5, 0.6) is 0 Å². The lowest BCUT2D eigenvalue weighted by atomic mass is 10.0. The van der Waals surface area contributed by atoms with Crippen LogP contribution in [0.15, 0.2) is 30.5 Å². The maximum Gasteiger partial charge on any atom is 0.254 e. The molecule has 0 spiro atoms. The van der Waals surface area contributed by atoms with E-state index in [1.807, 2.05) is 47.0 Å². The standard InChI is InChI=1S/C16H20N2O2/c1-11(19)12-6-9-18(10-12)16(20)14-4-3-5-15-13(14)7-8-17(15)2/h3-5,7-8,11-12,19H,6,9-10H2,1-2H3. The number of nitrogens with zero attached hydrogens (tertiary/aromatic N) is 2. The summed E-state index contributed by atoms with van der Waals surface area (Å²) in [6.45, 7) is 3.19. The molecule has 1 aliphatic rings. The van der Waals surface area contributed by atoms with Gasteiger partial charge in [0.2, 0.25) is 0 Å². The van der Waals surface area contributed by atoms with Crippen LogP contribution in [0.4, 0.5) is 0 Å². The highest BCUT2D eigenvalue weighted by Crippen LogP contribution is 2.25. The van der Waals surface area contributed by atoms with E-state index in [1.165, 1.54) is 0 Å². The molecule has 0 radical (unpaired) electrons. The molecule has 1 aromatic carbocycles. The van der Waals surface area contributed by atoms with Crippen molar-refractivity contribution < 1.29 is 9.90 Å². The Balaban J connectivity index is 1.90. The molecular formula is C16H20N2O2. The molecule has 3 rings (SSSR count). The molecule has 2 atom stereocenters. The zero-order valence-corrected chi connectivity index (χ0v) is 11.9. The topological polar surface area (TPSA) is 45.5 Å². The van der Waals surface area contributed by atoms with Gasteiger partial charge in [-0.25, -0.2) is 0 Å². The first-order chi connectivity index (χ1) is 9.58. The van der Waals surface area contributed by atoms with E-state index in [4.69, 9.17) is 0 Å². The molecule has 2 aromatic rings. The normalized spacial score (nSPS) is 20.6. The number of carbonyl (C=O) groups excluding carboxylic acids is 1. The van der Waals surface area contributed by atoms with Gasteiger partial charge in [-0.05, 0) is 31.5 Å². The lowest BCUT2D eigenvalue weighted by Gasteiger charge is -2.18. The number of carbonyl (C=O) groups is 1. The molecule has 1 aliphatic heterocycles. The van der Waals surface area contributed by atoms with Crippen LogP contribution in [-0.2, 0) is 7.05 Å². The van der Waals surface area contributed by atoms with Gasteiger partial charge in [-0.3, -0.25) is 4.79 Å². The van der Waals surface area contributed by atoms with Crippen LogP contribution in [0.25, 0.3) is 10.9 Å². The first-order valence-electron chi connectivity index (χ1n) is 7.09. The van der Waals surface area contributed by atoms with Gasteiger partial charge < -0.3 is 14.6 Å². The average molecular weight is 272 g/mol. The van der Waals surface area contributed by atoms with Crippen molar-refractivity contribution in [3.05, 3.63) is 36.0 Å². The monoisotopic (exact) mass is 272 g/mol. The number of aromatic nitrogens is 1. The number of aliphatic hydroxyl groups excluding tert-OH is 1. The van der Waals surface area contributed by atoms with E-state index in [0.29, 0.717) is 6.54 Å². The SMILES string of the molecule is CC(O)C1CCN(C(=O)c2cccc3c2ccn3C)C1. The first-order valence-corrected chi connectivity index (χ1v) is 7.09. The number of hydrogen-bond donors (Lipinski definition) is 1. The Morgan fingerprint density at radius 1 is 1.40 bits per heavy atom. The number of amides is 1. The predicted octanol–water partition coefficient (Wildman–Crippen LogP) is 2.02. The minimum Gasteiger partial charge on any atom is -0.393 e. The van der Waals surface area contributed by atoms with Crippen molar-refractivity contribution in [2.24, 2.45) is 13.0 Å². The molecule has 0 bridgehead atoms. The lowest BCUT2D eigenvalue weighted by Crippen LogP contribution is -2.30. The Labute approximate surface area is 118 Å². The van der Waals surface area contributed by atoms with Gasteiger partial charge in [0.05, 0.1) is 6.10 Å². The van der Waals surface area contributed by atoms with Crippen LogP contribution >= 0.6 is 0 Å². The minimum atomic E-state index is -0.347. The number of rotatable bonds is 2. The molecular weight excluding hydrogens is 252 g/mol. The van der Waals surface area contributed by atoms with Gasteiger partial charge in [0.1, 0.15) is 0 Å². The van der Waals surface area contributed by atoms with Crippen molar-refractivity contribution in [2.45, 2.75) is 19.4 Å². The fourth-order valence-corrected chi connectivity index (χ4v) is 3.02. The Bertz CT molecular complexity index is 645. The van der Waals surface area contributed by atoms with Crippen molar-refractivity contribution in [1.82, 2.24) is 9.47 Å². The van der Waals surface area contributed by atoms with Gasteiger partial charge in [0, 0.05) is 48.7 Å². The highest BCUT2D eigenvalue weighted by molar-refractivity contribution is 6.06. The van der Waals surface area contributed by atoms with Gasteiger partial charge in [-0.1, -0.05) is 6.07 Å². The zero-order chi connectivity index (χ0) is 14.3. The fourth-order valence-electron chi connectivity index (χ4n) is 3.02. The van der Waals surface area contributed by atoms with Crippen molar-refractivity contribution in [2.75, 3.05) is 13.1 Å². The number of fused-ring (bicyclic) bond motifs is 1. The number of aliphatic hydroxyl groups is 1. The highest BCUT2D eigenvalue weighted by atomic mass is 16.3. The van der Waals surface area contributed by atoms with E-state index in [2.05, 4.69) is 0 Å². The summed E-state index contributed by atoms with van der Waals surface area (Å²) in [5.74, 6) is 0.277. The smallest absolute Gasteiger partial charge is 0.254 e. The van der Waals surface area contributed by atoms with Gasteiger partial charge in [0.25, 0.3) is 5.91 Å². The molecule has 1 aromatic heterocycles. The van der Waals surface area contributed by atoms with Gasteiger partial charge >= 0.3 is 0 Å². The summed E-state index contributed by atoms with van der Waals surface area (Å²) < 4.78 is 2.02. The number of likely N-dealkylation sites (tertiary alicyclic amines) is 1. The average Bonchev–Trinajstić information content (AvgIpc) is 3.05. The largest absolute Gasteiger partial charge is 0.393 e. The molecule has 106 valence electrons. The molecule has 2 heterocycles. The van der Waals surface area contributed by atoms with E-state index >= 15 is 0 Å². The first kappa shape index (κ1) is 13.2. The van der Waals surface area contributed by atoms with Crippen LogP contribution < -0.4 is 0 Å². The van der Waals surface area contributed by atoms with Crippen LogP contribution in [0.1, 0.15) is 23.7 Å². The molecule has 2 unspecified atom stereocenters. The van der Waals surface area contributed by atoms with Crippen LogP contribution in [-0.4, -0.2) is 39.7 Å². The maximum atomic E-state index is 12.7. The molecule has 0 aliphatic carbocycles. The van der Waals surface area contributed by atoms with Crippen molar-refractivity contribution >= 4 is 16.8 Å². The molecule has 1 N–H and O–H groups in total. The van der Waals surface area contributed by atoms with Crippen LogP contribution in [0, 0.1) is 5.92 Å². The Morgan fingerprint density at radius 3 is 2.90 bits per heavy atom. The molecule has 1 fully saturated rings. The predicted molar refractivity (Wildman–Crippen MR) is 78.6 cm³/mol. The summed E-state index contributed by atoms with van der Waals surface area (Å²) in [5.41, 5.74) is 1.83. The maximum absolute atomic E-state index is 12.7. The molecule has 1 saturated heterocycles. The third-order valence-electron chi connectivity index (χ3n) is 4.35. The second-order valence-corrected chi connectivity index (χ2v) is 5.71. The van der Waals surface area contributed by atoms with Gasteiger partial charge in [-0.2, -0.15) is 0 Å². The molecule has 20 heavy (non-hydrogen) atoms. The highest BCUT2D eigenvalue weighted by Gasteiger charge is 2.30. The molecule has 1 amide bonds. The third kappa shape index (κ3) is 2.10. The van der Waals surface area contributed by atoms with Gasteiger partial charge in [0.15, 0.2) is 0 Å². The van der Waals surface area contributed by atoms with E-state index < -0.39 is 0 Å². The number of aryl methyl sites for hydroxylation is 1. The minimum absolute atomic E-state index is 0.0740. The van der Waals surface area contributed by atoms with E-state index in [1.54, 1.807) is 6.92 Å². The quantitative estimate of drug-likeness (QED) is 0.909. The van der Waals surface area contributed by atoms with E-state index in [-0.39, 0.29) is 17.9 Å². The third-order valence-corrected chi connectivity index (χ3v) is 4.35. The Hall–Kier alpha value is -1.81.